The molecule has 0 aliphatic rings. The molecule has 0 spiro atoms. The first-order valence-electron chi connectivity index (χ1n) is 9.46. The van der Waals surface area contributed by atoms with E-state index in [1.807, 2.05) is 6.07 Å². The molecule has 0 aromatic heterocycles. The van der Waals surface area contributed by atoms with E-state index < -0.39 is 10.0 Å². The average Bonchev–Trinajstić information content (AvgIpc) is 2.76. The van der Waals surface area contributed by atoms with Crippen LogP contribution in [0.1, 0.15) is 21.5 Å². The van der Waals surface area contributed by atoms with Crippen LogP contribution < -0.4 is 4.72 Å². The third-order valence-electron chi connectivity index (χ3n) is 4.66. The highest BCUT2D eigenvalue weighted by atomic mass is 32.2. The van der Waals surface area contributed by atoms with Crippen molar-refractivity contribution in [2.75, 3.05) is 11.3 Å². The van der Waals surface area contributed by atoms with E-state index in [0.717, 1.165) is 11.1 Å². The van der Waals surface area contributed by atoms with Crippen LogP contribution in [-0.4, -0.2) is 25.8 Å². The lowest BCUT2D eigenvalue weighted by Gasteiger charge is -2.20. The number of terminal acetylenes is 1. The van der Waals surface area contributed by atoms with Crippen LogP contribution in [0.15, 0.2) is 77.7 Å². The lowest BCUT2D eigenvalue weighted by molar-refractivity contribution is 0.0765. The fourth-order valence-electron chi connectivity index (χ4n) is 2.97. The monoisotopic (exact) mass is 436 g/mol. The Balaban J connectivity index is 1.78. The summed E-state index contributed by atoms with van der Waals surface area (Å²) in [5.74, 6) is 1.73. The van der Waals surface area contributed by atoms with Gasteiger partial charge < -0.3 is 4.90 Å². The second-order valence-electron chi connectivity index (χ2n) is 6.94. The molecule has 0 heterocycles. The molecule has 1 amide bonds. The molecule has 3 rings (SSSR count). The third-order valence-corrected chi connectivity index (χ3v) is 6.04. The minimum absolute atomic E-state index is 0.0364. The van der Waals surface area contributed by atoms with E-state index in [0.29, 0.717) is 11.3 Å². The van der Waals surface area contributed by atoms with Gasteiger partial charge in [0.2, 0.25) is 0 Å². The Labute approximate surface area is 181 Å². The Morgan fingerprint density at radius 2 is 1.68 bits per heavy atom. The van der Waals surface area contributed by atoms with Crippen molar-refractivity contribution in [1.82, 2.24) is 4.90 Å². The Kier molecular flexibility index (Phi) is 6.73. The molecule has 0 bridgehead atoms. The van der Waals surface area contributed by atoms with Crippen molar-refractivity contribution in [3.63, 3.8) is 0 Å². The van der Waals surface area contributed by atoms with Crippen LogP contribution >= 0.6 is 0 Å². The van der Waals surface area contributed by atoms with Crippen molar-refractivity contribution in [1.29, 1.82) is 0 Å². The maximum absolute atomic E-state index is 13.1. The number of nitrogens with zero attached hydrogens (tertiary/aromatic N) is 1. The average molecular weight is 437 g/mol. The number of para-hydroxylation sites is 1. The molecule has 7 heteroatoms. The fourth-order valence-corrected chi connectivity index (χ4v) is 4.10. The van der Waals surface area contributed by atoms with Crippen molar-refractivity contribution >= 4 is 21.6 Å². The minimum atomic E-state index is -3.80. The molecule has 0 fully saturated rings. The van der Waals surface area contributed by atoms with E-state index in [-0.39, 0.29) is 29.7 Å². The summed E-state index contributed by atoms with van der Waals surface area (Å²) >= 11 is 0. The van der Waals surface area contributed by atoms with Gasteiger partial charge in [0.05, 0.1) is 17.1 Å². The molecule has 0 saturated heterocycles. The van der Waals surface area contributed by atoms with Crippen molar-refractivity contribution in [3.05, 3.63) is 95.3 Å². The van der Waals surface area contributed by atoms with Crippen molar-refractivity contribution < 1.29 is 17.6 Å². The molecule has 3 aromatic rings. The van der Waals surface area contributed by atoms with Crippen LogP contribution in [0.4, 0.5) is 10.1 Å². The first kappa shape index (κ1) is 22.1. The number of halogens is 1. The van der Waals surface area contributed by atoms with E-state index in [2.05, 4.69) is 10.6 Å². The zero-order valence-electron chi connectivity index (χ0n) is 16.9. The smallest absolute Gasteiger partial charge is 0.261 e. The van der Waals surface area contributed by atoms with Gasteiger partial charge in [0.15, 0.2) is 0 Å². The highest BCUT2D eigenvalue weighted by molar-refractivity contribution is 7.92. The summed E-state index contributed by atoms with van der Waals surface area (Å²) in [5, 5.41) is 0. The quantitative estimate of drug-likeness (QED) is 0.564. The number of hydrogen-bond donors (Lipinski definition) is 1. The number of amides is 1. The van der Waals surface area contributed by atoms with Gasteiger partial charge in [-0.3, -0.25) is 9.52 Å². The number of nitrogens with one attached hydrogen (secondary N) is 1. The maximum Gasteiger partial charge on any atom is 0.261 e. The number of carbonyl (C=O) groups is 1. The van der Waals surface area contributed by atoms with Gasteiger partial charge >= 0.3 is 0 Å². The number of aryl methyl sites for hydroxylation is 1. The zero-order chi connectivity index (χ0) is 22.4. The van der Waals surface area contributed by atoms with Gasteiger partial charge in [-0.05, 0) is 60.5 Å². The zero-order valence-corrected chi connectivity index (χ0v) is 17.7. The van der Waals surface area contributed by atoms with Gasteiger partial charge in [0.1, 0.15) is 5.82 Å². The molecule has 0 atom stereocenters. The molecule has 3 aromatic carbocycles. The Morgan fingerprint density at radius 1 is 1.03 bits per heavy atom. The topological polar surface area (TPSA) is 66.5 Å². The molecule has 5 nitrogen and oxygen atoms in total. The summed E-state index contributed by atoms with van der Waals surface area (Å²) < 4.78 is 41.0. The SMILES string of the molecule is C#CCN(Cc1ccc(F)cc1)C(=O)c1ccc(S(=O)(=O)Nc2ccccc2C)cc1. The molecule has 0 radical (unpaired) electrons. The van der Waals surface area contributed by atoms with Crippen molar-refractivity contribution in [2.24, 2.45) is 0 Å². The van der Waals surface area contributed by atoms with E-state index in [1.54, 1.807) is 37.3 Å². The van der Waals surface area contributed by atoms with E-state index >= 15 is 0 Å². The van der Waals surface area contributed by atoms with Gasteiger partial charge in [-0.2, -0.15) is 0 Å². The van der Waals surface area contributed by atoms with Crippen LogP contribution in [0.5, 0.6) is 0 Å². The largest absolute Gasteiger partial charge is 0.323 e. The molecule has 31 heavy (non-hydrogen) atoms. The van der Waals surface area contributed by atoms with Crippen LogP contribution in [0, 0.1) is 25.1 Å². The molecule has 0 unspecified atom stereocenters. The number of sulfonamides is 1. The molecule has 0 saturated carbocycles. The summed E-state index contributed by atoms with van der Waals surface area (Å²) in [4.78, 5) is 14.4. The molecule has 0 aliphatic heterocycles. The normalized spacial score (nSPS) is 10.9. The number of carbonyl (C=O) groups excluding carboxylic acids is 1. The van der Waals surface area contributed by atoms with Crippen LogP contribution in [0.25, 0.3) is 0 Å². The van der Waals surface area contributed by atoms with Gasteiger partial charge in [0, 0.05) is 12.1 Å². The summed E-state index contributed by atoms with van der Waals surface area (Å²) in [5.41, 5.74) is 2.31. The van der Waals surface area contributed by atoms with Gasteiger partial charge in [-0.1, -0.05) is 36.3 Å². The number of rotatable bonds is 7. The van der Waals surface area contributed by atoms with Gasteiger partial charge in [0.25, 0.3) is 15.9 Å². The highest BCUT2D eigenvalue weighted by Crippen LogP contribution is 2.20. The fraction of sp³-hybridized carbons (Fsp3) is 0.125. The highest BCUT2D eigenvalue weighted by Gasteiger charge is 2.19. The third kappa shape index (κ3) is 5.50. The summed E-state index contributed by atoms with van der Waals surface area (Å²) in [6.07, 6.45) is 5.40. The number of benzene rings is 3. The lowest BCUT2D eigenvalue weighted by atomic mass is 10.1. The Hall–Kier alpha value is -3.63. The minimum Gasteiger partial charge on any atom is -0.323 e. The maximum atomic E-state index is 13.1. The molecule has 158 valence electrons. The summed E-state index contributed by atoms with van der Waals surface area (Å²) in [6.45, 7) is 2.07. The second-order valence-corrected chi connectivity index (χ2v) is 8.62. The standard InChI is InChI=1S/C24H21FN2O3S/c1-3-16-27(17-19-8-12-21(25)13-9-19)24(28)20-10-14-22(15-11-20)31(29,30)26-23-7-5-4-6-18(23)2/h1,4-15,26H,16-17H2,2H3. The summed E-state index contributed by atoms with van der Waals surface area (Å²) in [7, 11) is -3.80. The van der Waals surface area contributed by atoms with Crippen molar-refractivity contribution in [2.45, 2.75) is 18.4 Å². The van der Waals surface area contributed by atoms with Gasteiger partial charge in [-0.15, -0.1) is 6.42 Å². The molecule has 0 aliphatic carbocycles. The van der Waals surface area contributed by atoms with E-state index in [9.17, 15) is 17.6 Å². The van der Waals surface area contributed by atoms with E-state index in [1.165, 1.54) is 41.3 Å². The molecular weight excluding hydrogens is 415 g/mol. The lowest BCUT2D eigenvalue weighted by Crippen LogP contribution is -2.31. The summed E-state index contributed by atoms with van der Waals surface area (Å²) in [6, 6.07) is 18.5. The number of anilines is 1. The van der Waals surface area contributed by atoms with E-state index in [4.69, 9.17) is 6.42 Å². The molecule has 1 N–H and O–H groups in total. The number of hydrogen-bond acceptors (Lipinski definition) is 3. The molecular formula is C24H21FN2O3S. The first-order chi connectivity index (χ1) is 14.8. The van der Waals surface area contributed by atoms with Crippen molar-refractivity contribution in [3.8, 4) is 12.3 Å². The first-order valence-corrected chi connectivity index (χ1v) is 10.9. The second kappa shape index (κ2) is 9.45. The van der Waals surface area contributed by atoms with Crippen LogP contribution in [0.3, 0.4) is 0 Å². The predicted molar refractivity (Wildman–Crippen MR) is 118 cm³/mol. The Bertz CT molecular complexity index is 1210. The van der Waals surface area contributed by atoms with Crippen LogP contribution in [-0.2, 0) is 16.6 Å². The van der Waals surface area contributed by atoms with Crippen LogP contribution in [0.2, 0.25) is 0 Å². The Morgan fingerprint density at radius 3 is 2.29 bits per heavy atom. The predicted octanol–water partition coefficient (Wildman–Crippen LogP) is 4.21. The van der Waals surface area contributed by atoms with Gasteiger partial charge in [-0.25, -0.2) is 12.8 Å².